The molecule has 1 saturated heterocycles. The van der Waals surface area contributed by atoms with Crippen LogP contribution >= 0.6 is 0 Å². The number of ketones is 1. The molecule has 3 heterocycles. The van der Waals surface area contributed by atoms with Gasteiger partial charge in [-0.05, 0) is 55.4 Å². The summed E-state index contributed by atoms with van der Waals surface area (Å²) < 4.78 is 12.8. The zero-order valence-electron chi connectivity index (χ0n) is 20.2. The van der Waals surface area contributed by atoms with E-state index in [-0.39, 0.29) is 31.3 Å². The monoisotopic (exact) mass is 491 g/mol. The average molecular weight is 492 g/mol. The Labute approximate surface area is 208 Å². The molecular weight excluding hydrogens is 462 g/mol. The summed E-state index contributed by atoms with van der Waals surface area (Å²) in [6.07, 6.45) is 0.761. The van der Waals surface area contributed by atoms with Gasteiger partial charge in [0.25, 0.3) is 5.56 Å². The lowest BCUT2D eigenvalue weighted by atomic mass is 9.97. The Hall–Kier alpha value is -3.24. The maximum Gasteiger partial charge on any atom is 0.258 e. The molecule has 0 amide bonds. The summed E-state index contributed by atoms with van der Waals surface area (Å²) in [7, 11) is 2.12. The van der Waals surface area contributed by atoms with Crippen LogP contribution in [0.3, 0.4) is 0 Å². The van der Waals surface area contributed by atoms with Crippen LogP contribution in [-0.2, 0) is 19.8 Å². The minimum atomic E-state index is -0.304. The molecule has 2 N–H and O–H groups in total. The Kier molecular flexibility index (Phi) is 5.80. The number of piperazine rings is 1. The number of hydrogen-bond donors (Lipinski definition) is 2. The number of carbonyl (C=O) groups excluding carboxylic acids is 1. The second kappa shape index (κ2) is 9.01. The van der Waals surface area contributed by atoms with Crippen LogP contribution in [0, 0.1) is 0 Å². The van der Waals surface area contributed by atoms with E-state index in [1.54, 1.807) is 28.8 Å². The standard InChI is InChI=1S/C27H29N3O6/c1-28-5-7-29(8-6-28)3-2-4-30-25-19-11-22-23(36-15-35-22)12-20(19)26(33)24(25)18-9-16(13-31)17(14-32)10-21(18)27(30)34/h9-12,31-32H,2-8,13-15H2,1H3. The fourth-order valence-electron chi connectivity index (χ4n) is 5.58. The molecule has 188 valence electrons. The molecule has 6 rings (SSSR count). The van der Waals surface area contributed by atoms with Crippen molar-refractivity contribution in [3.63, 3.8) is 0 Å². The van der Waals surface area contributed by atoms with Crippen molar-refractivity contribution in [3.8, 4) is 22.8 Å². The van der Waals surface area contributed by atoms with E-state index in [1.165, 1.54) is 0 Å². The van der Waals surface area contributed by atoms with E-state index in [9.17, 15) is 19.8 Å². The number of aromatic nitrogens is 1. The lowest BCUT2D eigenvalue weighted by Gasteiger charge is -2.32. The smallest absolute Gasteiger partial charge is 0.258 e. The zero-order chi connectivity index (χ0) is 25.0. The van der Waals surface area contributed by atoms with Crippen LogP contribution in [0.2, 0.25) is 0 Å². The SMILES string of the molecule is CN1CCN(CCCn2c3c(c4cc(CO)c(CO)cc4c2=O)C(=O)c2cc4c(cc2-3)OCO4)CC1. The first kappa shape index (κ1) is 23.2. The molecule has 0 spiro atoms. The number of ether oxygens (including phenoxy) is 2. The number of hydrogen-bond acceptors (Lipinski definition) is 8. The molecule has 3 aliphatic rings. The normalized spacial score (nSPS) is 17.1. The van der Waals surface area contributed by atoms with Crippen molar-refractivity contribution in [3.05, 3.63) is 56.9 Å². The number of aliphatic hydroxyl groups is 2. The highest BCUT2D eigenvalue weighted by Gasteiger charge is 2.35. The Bertz CT molecular complexity index is 1440. The lowest BCUT2D eigenvalue weighted by molar-refractivity contribution is 0.104. The van der Waals surface area contributed by atoms with Crippen LogP contribution in [0.1, 0.15) is 33.5 Å². The number of benzene rings is 2. The molecule has 0 radical (unpaired) electrons. The van der Waals surface area contributed by atoms with Crippen LogP contribution in [0.4, 0.5) is 0 Å². The van der Waals surface area contributed by atoms with E-state index in [1.807, 2.05) is 0 Å². The summed E-state index contributed by atoms with van der Waals surface area (Å²) in [4.78, 5) is 32.3. The maximum atomic E-state index is 13.9. The molecule has 1 aromatic heterocycles. The number of nitrogens with zero attached hydrogens (tertiary/aromatic N) is 3. The third kappa shape index (κ3) is 3.62. The van der Waals surface area contributed by atoms with Gasteiger partial charge in [-0.3, -0.25) is 9.59 Å². The van der Waals surface area contributed by atoms with Gasteiger partial charge in [-0.2, -0.15) is 0 Å². The van der Waals surface area contributed by atoms with E-state index >= 15 is 0 Å². The average Bonchev–Trinajstić information content (AvgIpc) is 3.47. The quantitative estimate of drug-likeness (QED) is 0.419. The summed E-state index contributed by atoms with van der Waals surface area (Å²) in [6.45, 7) is 4.85. The van der Waals surface area contributed by atoms with Crippen molar-refractivity contribution >= 4 is 16.6 Å². The highest BCUT2D eigenvalue weighted by molar-refractivity contribution is 6.27. The molecule has 0 atom stereocenters. The second-order valence-electron chi connectivity index (χ2n) is 9.74. The van der Waals surface area contributed by atoms with E-state index in [2.05, 4.69) is 16.8 Å². The molecule has 3 aromatic rings. The number of rotatable bonds is 6. The Morgan fingerprint density at radius 1 is 0.833 bits per heavy atom. The van der Waals surface area contributed by atoms with Gasteiger partial charge in [-0.15, -0.1) is 0 Å². The van der Waals surface area contributed by atoms with Gasteiger partial charge in [0.15, 0.2) is 17.3 Å². The first-order valence-electron chi connectivity index (χ1n) is 12.3. The molecule has 0 unspecified atom stereocenters. The zero-order valence-corrected chi connectivity index (χ0v) is 20.2. The number of pyridine rings is 1. The first-order valence-corrected chi connectivity index (χ1v) is 12.3. The Morgan fingerprint density at radius 2 is 1.47 bits per heavy atom. The van der Waals surface area contributed by atoms with Crippen molar-refractivity contribution in [2.45, 2.75) is 26.2 Å². The van der Waals surface area contributed by atoms with E-state index in [0.717, 1.165) is 39.1 Å². The largest absolute Gasteiger partial charge is 0.454 e. The summed E-state index contributed by atoms with van der Waals surface area (Å²) in [5.74, 6) is 0.885. The fraction of sp³-hybridized carbons (Fsp3) is 0.407. The number of aliphatic hydroxyl groups excluding tert-OH is 2. The summed E-state index contributed by atoms with van der Waals surface area (Å²) >= 11 is 0. The van der Waals surface area contributed by atoms with E-state index in [0.29, 0.717) is 62.3 Å². The molecule has 9 heteroatoms. The molecule has 36 heavy (non-hydrogen) atoms. The van der Waals surface area contributed by atoms with Gasteiger partial charge in [0.2, 0.25) is 6.79 Å². The van der Waals surface area contributed by atoms with Gasteiger partial charge in [-0.25, -0.2) is 0 Å². The van der Waals surface area contributed by atoms with Crippen LogP contribution in [-0.4, -0.2) is 76.9 Å². The molecule has 2 aromatic carbocycles. The van der Waals surface area contributed by atoms with Gasteiger partial charge in [0.1, 0.15) is 0 Å². The van der Waals surface area contributed by atoms with E-state index in [4.69, 9.17) is 9.47 Å². The van der Waals surface area contributed by atoms with E-state index < -0.39 is 0 Å². The minimum absolute atomic E-state index is 0.0959. The van der Waals surface area contributed by atoms with Crippen LogP contribution < -0.4 is 15.0 Å². The Balaban J connectivity index is 1.49. The summed E-state index contributed by atoms with van der Waals surface area (Å²) in [6, 6.07) is 6.77. The molecule has 0 bridgehead atoms. The van der Waals surface area contributed by atoms with Gasteiger partial charge in [0, 0.05) is 54.6 Å². The van der Waals surface area contributed by atoms with Gasteiger partial charge in [0.05, 0.1) is 24.5 Å². The lowest BCUT2D eigenvalue weighted by Crippen LogP contribution is -2.44. The van der Waals surface area contributed by atoms with Crippen molar-refractivity contribution in [2.24, 2.45) is 0 Å². The minimum Gasteiger partial charge on any atom is -0.454 e. The van der Waals surface area contributed by atoms with Gasteiger partial charge in [-0.1, -0.05) is 0 Å². The van der Waals surface area contributed by atoms with Crippen LogP contribution in [0.5, 0.6) is 11.5 Å². The molecule has 2 aliphatic heterocycles. The van der Waals surface area contributed by atoms with Crippen molar-refractivity contribution in [1.29, 1.82) is 0 Å². The highest BCUT2D eigenvalue weighted by Crippen LogP contribution is 2.46. The molecule has 1 aliphatic carbocycles. The summed E-state index contributed by atoms with van der Waals surface area (Å²) in [5.41, 5.74) is 2.94. The highest BCUT2D eigenvalue weighted by atomic mass is 16.7. The number of fused-ring (bicyclic) bond motifs is 6. The van der Waals surface area contributed by atoms with Crippen molar-refractivity contribution in [2.75, 3.05) is 46.6 Å². The molecule has 9 nitrogen and oxygen atoms in total. The van der Waals surface area contributed by atoms with Gasteiger partial charge < -0.3 is 34.1 Å². The Morgan fingerprint density at radius 3 is 2.14 bits per heavy atom. The maximum absolute atomic E-state index is 13.9. The molecular formula is C27H29N3O6. The molecule has 0 saturated carbocycles. The predicted octanol–water partition coefficient (Wildman–Crippen LogP) is 1.56. The number of likely N-dealkylation sites (N-methyl/N-ethyl adjacent to an activating group) is 1. The van der Waals surface area contributed by atoms with Gasteiger partial charge >= 0.3 is 0 Å². The van der Waals surface area contributed by atoms with Crippen molar-refractivity contribution < 1.29 is 24.5 Å². The van der Waals surface area contributed by atoms with Crippen LogP contribution in [0.15, 0.2) is 29.1 Å². The first-order chi connectivity index (χ1) is 17.5. The summed E-state index contributed by atoms with van der Waals surface area (Å²) in [5, 5.41) is 20.6. The fourth-order valence-corrected chi connectivity index (χ4v) is 5.58. The predicted molar refractivity (Wildman–Crippen MR) is 134 cm³/mol. The molecule has 1 fully saturated rings. The third-order valence-electron chi connectivity index (χ3n) is 7.62. The number of carbonyl (C=O) groups is 1. The third-order valence-corrected chi connectivity index (χ3v) is 7.62. The topological polar surface area (TPSA) is 104 Å². The second-order valence-corrected chi connectivity index (χ2v) is 9.74. The van der Waals surface area contributed by atoms with Crippen LogP contribution in [0.25, 0.3) is 22.0 Å². The van der Waals surface area contributed by atoms with Crippen molar-refractivity contribution in [1.82, 2.24) is 14.4 Å².